The molecular formula is C23H19ClFN5O2. The number of carbonyl (C=O) groups is 2. The Kier molecular flexibility index (Phi) is 5.93. The van der Waals surface area contributed by atoms with Crippen molar-refractivity contribution in [3.8, 4) is 11.3 Å². The van der Waals surface area contributed by atoms with Gasteiger partial charge in [-0.1, -0.05) is 48.0 Å². The molecule has 0 fully saturated rings. The average Bonchev–Trinajstić information content (AvgIpc) is 3.19. The number of hydrogen-bond acceptors (Lipinski definition) is 3. The van der Waals surface area contributed by atoms with Crippen LogP contribution in [0, 0.1) is 6.57 Å². The molecule has 4 rings (SSSR count). The third kappa shape index (κ3) is 4.07. The van der Waals surface area contributed by atoms with Crippen LogP contribution in [0.2, 0.25) is 5.02 Å². The van der Waals surface area contributed by atoms with Gasteiger partial charge in [0.05, 0.1) is 36.8 Å². The van der Waals surface area contributed by atoms with Crippen molar-refractivity contribution in [2.75, 3.05) is 13.2 Å². The number of alkyl halides is 1. The van der Waals surface area contributed by atoms with E-state index in [1.165, 1.54) is 9.58 Å². The molecule has 1 aliphatic rings. The number of carbonyl (C=O) groups excluding carboxylic acids is 2. The van der Waals surface area contributed by atoms with Crippen LogP contribution in [0.5, 0.6) is 0 Å². The van der Waals surface area contributed by atoms with E-state index in [1.807, 2.05) is 0 Å². The molecular weight excluding hydrogens is 433 g/mol. The standard InChI is InChI=1S/C23H19ClFN5O2/c1-27-17-7-5-14(6-8-17)9-20(31)29-12-18(11-25)30-19(13-29)21(23(26)32)22(28-30)15-3-2-4-16(24)10-15/h2-8,10,18H,9,11-13H2,(H2,26,32). The highest BCUT2D eigenvalue weighted by atomic mass is 35.5. The number of amides is 2. The Morgan fingerprint density at radius 1 is 1.25 bits per heavy atom. The van der Waals surface area contributed by atoms with Gasteiger partial charge >= 0.3 is 0 Å². The lowest BCUT2D eigenvalue weighted by Gasteiger charge is -2.33. The Hall–Kier alpha value is -3.70. The van der Waals surface area contributed by atoms with Crippen LogP contribution in [0.15, 0.2) is 48.5 Å². The molecule has 2 amide bonds. The summed E-state index contributed by atoms with van der Waals surface area (Å²) < 4.78 is 15.4. The smallest absolute Gasteiger partial charge is 0.252 e. The van der Waals surface area contributed by atoms with Crippen molar-refractivity contribution in [1.29, 1.82) is 0 Å². The summed E-state index contributed by atoms with van der Waals surface area (Å²) >= 11 is 6.09. The molecule has 1 unspecified atom stereocenters. The van der Waals surface area contributed by atoms with Crippen molar-refractivity contribution in [2.45, 2.75) is 19.0 Å². The summed E-state index contributed by atoms with van der Waals surface area (Å²) in [6.07, 6.45) is 0.0957. The van der Waals surface area contributed by atoms with Gasteiger partial charge in [0.2, 0.25) is 5.91 Å². The highest BCUT2D eigenvalue weighted by Crippen LogP contribution is 2.33. The fourth-order valence-corrected chi connectivity index (χ4v) is 4.07. The van der Waals surface area contributed by atoms with Gasteiger partial charge in [0.25, 0.3) is 5.91 Å². The highest BCUT2D eigenvalue weighted by molar-refractivity contribution is 6.30. The predicted octanol–water partition coefficient (Wildman–Crippen LogP) is 3.95. The van der Waals surface area contributed by atoms with Gasteiger partial charge in [-0.25, -0.2) is 9.24 Å². The maximum Gasteiger partial charge on any atom is 0.252 e. The maximum absolute atomic E-state index is 13.9. The number of nitrogens with zero attached hydrogens (tertiary/aromatic N) is 4. The Morgan fingerprint density at radius 2 is 2.00 bits per heavy atom. The molecule has 1 aromatic heterocycles. The molecule has 32 heavy (non-hydrogen) atoms. The van der Waals surface area contributed by atoms with E-state index in [4.69, 9.17) is 23.9 Å². The zero-order chi connectivity index (χ0) is 22.8. The van der Waals surface area contributed by atoms with Gasteiger partial charge < -0.3 is 10.6 Å². The van der Waals surface area contributed by atoms with Crippen molar-refractivity contribution in [3.63, 3.8) is 0 Å². The van der Waals surface area contributed by atoms with Gasteiger partial charge in [0.1, 0.15) is 12.4 Å². The van der Waals surface area contributed by atoms with Gasteiger partial charge in [-0.15, -0.1) is 0 Å². The van der Waals surface area contributed by atoms with Crippen LogP contribution in [-0.2, 0) is 17.8 Å². The molecule has 0 aliphatic carbocycles. The summed E-state index contributed by atoms with van der Waals surface area (Å²) in [7, 11) is 0. The van der Waals surface area contributed by atoms with E-state index < -0.39 is 18.6 Å². The first-order valence-electron chi connectivity index (χ1n) is 9.88. The second kappa shape index (κ2) is 8.81. The molecule has 0 spiro atoms. The molecule has 0 bridgehead atoms. The van der Waals surface area contributed by atoms with Crippen LogP contribution in [0.3, 0.4) is 0 Å². The molecule has 2 N–H and O–H groups in total. The second-order valence-corrected chi connectivity index (χ2v) is 7.96. The first kappa shape index (κ1) is 21.5. The van der Waals surface area contributed by atoms with Gasteiger partial charge in [-0.2, -0.15) is 5.10 Å². The van der Waals surface area contributed by atoms with Crippen LogP contribution in [0.1, 0.15) is 27.7 Å². The fraction of sp³-hybridized carbons (Fsp3) is 0.217. The number of hydrogen-bond donors (Lipinski definition) is 1. The van der Waals surface area contributed by atoms with Crippen LogP contribution in [-0.4, -0.2) is 39.7 Å². The summed E-state index contributed by atoms with van der Waals surface area (Å²) in [6.45, 7) is 6.47. The lowest BCUT2D eigenvalue weighted by Crippen LogP contribution is -2.43. The van der Waals surface area contributed by atoms with Crippen LogP contribution < -0.4 is 5.73 Å². The van der Waals surface area contributed by atoms with Gasteiger partial charge in [0.15, 0.2) is 5.69 Å². The van der Waals surface area contributed by atoms with E-state index in [-0.39, 0.29) is 31.0 Å². The molecule has 162 valence electrons. The Balaban J connectivity index is 1.68. The lowest BCUT2D eigenvalue weighted by molar-refractivity contribution is -0.132. The first-order valence-corrected chi connectivity index (χ1v) is 10.3. The van der Waals surface area contributed by atoms with Gasteiger partial charge in [-0.3, -0.25) is 14.3 Å². The fourth-order valence-electron chi connectivity index (χ4n) is 3.88. The molecule has 2 aromatic carbocycles. The number of benzene rings is 2. The number of fused-ring (bicyclic) bond motifs is 1. The Morgan fingerprint density at radius 3 is 2.62 bits per heavy atom. The van der Waals surface area contributed by atoms with Crippen molar-refractivity contribution in [2.24, 2.45) is 5.73 Å². The average molecular weight is 452 g/mol. The minimum absolute atomic E-state index is 0.0846. The normalized spacial score (nSPS) is 15.2. The molecule has 9 heteroatoms. The van der Waals surface area contributed by atoms with Crippen LogP contribution >= 0.6 is 11.6 Å². The molecule has 2 heterocycles. The second-order valence-electron chi connectivity index (χ2n) is 7.53. The van der Waals surface area contributed by atoms with Gasteiger partial charge in [-0.05, 0) is 17.7 Å². The van der Waals surface area contributed by atoms with E-state index in [9.17, 15) is 14.0 Å². The Labute approximate surface area is 189 Å². The number of halogens is 2. The maximum atomic E-state index is 13.9. The summed E-state index contributed by atoms with van der Waals surface area (Å²) in [5.74, 6) is -0.922. The van der Waals surface area contributed by atoms with Crippen molar-refractivity contribution >= 4 is 29.1 Å². The van der Waals surface area contributed by atoms with E-state index in [0.29, 0.717) is 27.7 Å². The van der Waals surface area contributed by atoms with Crippen molar-refractivity contribution < 1.29 is 14.0 Å². The van der Waals surface area contributed by atoms with Crippen LogP contribution in [0.4, 0.5) is 10.1 Å². The number of primary amides is 1. The predicted molar refractivity (Wildman–Crippen MR) is 118 cm³/mol. The molecule has 3 aromatic rings. The van der Waals surface area contributed by atoms with E-state index in [1.54, 1.807) is 48.5 Å². The number of nitrogens with two attached hydrogens (primary N) is 1. The molecule has 1 atom stereocenters. The first-order chi connectivity index (χ1) is 15.4. The molecule has 1 aliphatic heterocycles. The largest absolute Gasteiger partial charge is 0.365 e. The molecule has 7 nitrogen and oxygen atoms in total. The third-order valence-electron chi connectivity index (χ3n) is 5.42. The van der Waals surface area contributed by atoms with Crippen molar-refractivity contribution in [1.82, 2.24) is 14.7 Å². The minimum Gasteiger partial charge on any atom is -0.365 e. The molecule has 0 saturated heterocycles. The lowest BCUT2D eigenvalue weighted by atomic mass is 10.0. The SMILES string of the molecule is [C-]#[N+]c1ccc(CC(=O)N2Cc3c(C(N)=O)c(-c4cccc(Cl)c4)nn3C(CF)C2)cc1. The quantitative estimate of drug-likeness (QED) is 0.596. The van der Waals surface area contributed by atoms with E-state index in [2.05, 4.69) is 9.94 Å². The van der Waals surface area contributed by atoms with Crippen LogP contribution in [0.25, 0.3) is 16.1 Å². The zero-order valence-corrected chi connectivity index (χ0v) is 17.7. The minimum atomic E-state index is -0.759. The molecule has 0 radical (unpaired) electrons. The third-order valence-corrected chi connectivity index (χ3v) is 5.66. The summed E-state index contributed by atoms with van der Waals surface area (Å²) in [6, 6.07) is 12.8. The monoisotopic (exact) mass is 451 g/mol. The number of rotatable bonds is 5. The summed E-state index contributed by atoms with van der Waals surface area (Å²) in [4.78, 5) is 30.2. The summed E-state index contributed by atoms with van der Waals surface area (Å²) in [5, 5.41) is 4.95. The zero-order valence-electron chi connectivity index (χ0n) is 17.0. The Bertz CT molecular complexity index is 1230. The molecule has 0 saturated carbocycles. The van der Waals surface area contributed by atoms with Gasteiger partial charge in [0, 0.05) is 17.1 Å². The van der Waals surface area contributed by atoms with E-state index in [0.717, 1.165) is 5.56 Å². The number of aromatic nitrogens is 2. The van der Waals surface area contributed by atoms with Crippen molar-refractivity contribution in [3.05, 3.63) is 81.8 Å². The topological polar surface area (TPSA) is 85.6 Å². The highest BCUT2D eigenvalue weighted by Gasteiger charge is 2.34. The van der Waals surface area contributed by atoms with E-state index >= 15 is 0 Å². The summed E-state index contributed by atoms with van der Waals surface area (Å²) in [5.41, 5.74) is 8.36.